The van der Waals surface area contributed by atoms with E-state index in [1.165, 1.54) is 0 Å². The second-order valence-corrected chi connectivity index (χ2v) is 5.23. The third-order valence-electron chi connectivity index (χ3n) is 3.64. The van der Waals surface area contributed by atoms with Crippen LogP contribution in [0.15, 0.2) is 12.1 Å². The van der Waals surface area contributed by atoms with Gasteiger partial charge in [-0.3, -0.25) is 5.10 Å². The second-order valence-electron chi connectivity index (χ2n) is 4.83. The third-order valence-corrected chi connectivity index (χ3v) is 3.95. The van der Waals surface area contributed by atoms with Gasteiger partial charge in [-0.25, -0.2) is 0 Å². The molecule has 0 unspecified atom stereocenters. The maximum Gasteiger partial charge on any atom is 0.171 e. The van der Waals surface area contributed by atoms with Crippen molar-refractivity contribution in [2.75, 3.05) is 18.0 Å². The molecule has 1 aromatic heterocycles. The van der Waals surface area contributed by atoms with E-state index in [0.29, 0.717) is 16.1 Å². The van der Waals surface area contributed by atoms with Crippen LogP contribution in [-0.2, 0) is 0 Å². The molecule has 3 N–H and O–H groups in total. The highest BCUT2D eigenvalue weighted by molar-refractivity contribution is 6.36. The average molecular weight is 276 g/mol. The number of rotatable bonds is 1. The highest BCUT2D eigenvalue weighted by atomic mass is 35.5. The molecule has 0 radical (unpaired) electrons. The van der Waals surface area contributed by atoms with Crippen molar-refractivity contribution in [3.8, 4) is 6.07 Å². The summed E-state index contributed by atoms with van der Waals surface area (Å²) in [5.74, 6) is 0. The molecule has 1 aliphatic heterocycles. The molecular weight excluding hydrogens is 262 g/mol. The van der Waals surface area contributed by atoms with Gasteiger partial charge in [-0.15, -0.1) is 0 Å². The average Bonchev–Trinajstić information content (AvgIpc) is 2.85. The summed E-state index contributed by atoms with van der Waals surface area (Å²) in [6.45, 7) is 1.83. The zero-order valence-corrected chi connectivity index (χ0v) is 11.1. The number of nitrogens with one attached hydrogen (secondary N) is 1. The fourth-order valence-electron chi connectivity index (χ4n) is 2.56. The van der Waals surface area contributed by atoms with Crippen molar-refractivity contribution in [1.29, 1.82) is 5.26 Å². The van der Waals surface area contributed by atoms with E-state index in [2.05, 4.69) is 21.2 Å². The molecule has 1 fully saturated rings. The lowest BCUT2D eigenvalue weighted by Gasteiger charge is -2.32. The number of H-pyrrole nitrogens is 1. The predicted molar refractivity (Wildman–Crippen MR) is 75.2 cm³/mol. The first kappa shape index (κ1) is 12.3. The zero-order chi connectivity index (χ0) is 13.4. The Labute approximate surface area is 115 Å². The number of anilines is 1. The molecule has 6 heteroatoms. The number of aromatic amines is 1. The molecule has 1 aliphatic rings. The van der Waals surface area contributed by atoms with E-state index in [0.717, 1.165) is 37.1 Å². The van der Waals surface area contributed by atoms with Gasteiger partial charge in [0, 0.05) is 19.1 Å². The molecule has 0 amide bonds. The molecule has 3 rings (SSSR count). The SMILES string of the molecule is N#Cc1n[nH]c2c(N3CCC(N)CC3)ccc(Cl)c12. The normalized spacial score (nSPS) is 16.8. The van der Waals surface area contributed by atoms with Crippen LogP contribution in [0.4, 0.5) is 5.69 Å². The van der Waals surface area contributed by atoms with Crippen LogP contribution in [-0.4, -0.2) is 29.3 Å². The van der Waals surface area contributed by atoms with Crippen LogP contribution in [0, 0.1) is 11.3 Å². The minimum Gasteiger partial charge on any atom is -0.370 e. The van der Waals surface area contributed by atoms with Gasteiger partial charge in [0.2, 0.25) is 0 Å². The van der Waals surface area contributed by atoms with Crippen LogP contribution in [0.1, 0.15) is 18.5 Å². The van der Waals surface area contributed by atoms with E-state index in [-0.39, 0.29) is 6.04 Å². The molecule has 98 valence electrons. The number of nitrogens with zero attached hydrogens (tertiary/aromatic N) is 3. The van der Waals surface area contributed by atoms with E-state index >= 15 is 0 Å². The summed E-state index contributed by atoms with van der Waals surface area (Å²) in [6.07, 6.45) is 1.95. The Morgan fingerprint density at radius 3 is 2.84 bits per heavy atom. The summed E-state index contributed by atoms with van der Waals surface area (Å²) >= 11 is 6.17. The third kappa shape index (κ3) is 2.03. The van der Waals surface area contributed by atoms with E-state index in [9.17, 15) is 0 Å². The highest BCUT2D eigenvalue weighted by Gasteiger charge is 2.20. The van der Waals surface area contributed by atoms with Crippen molar-refractivity contribution in [3.63, 3.8) is 0 Å². The van der Waals surface area contributed by atoms with Gasteiger partial charge in [0.15, 0.2) is 5.69 Å². The Morgan fingerprint density at radius 1 is 1.42 bits per heavy atom. The summed E-state index contributed by atoms with van der Waals surface area (Å²) in [5.41, 5.74) is 8.14. The van der Waals surface area contributed by atoms with Crippen LogP contribution in [0.25, 0.3) is 10.9 Å². The number of hydrogen-bond donors (Lipinski definition) is 2. The van der Waals surface area contributed by atoms with Crippen molar-refractivity contribution < 1.29 is 0 Å². The van der Waals surface area contributed by atoms with Crippen molar-refractivity contribution in [3.05, 3.63) is 22.8 Å². The van der Waals surface area contributed by atoms with E-state index < -0.39 is 0 Å². The topological polar surface area (TPSA) is 81.7 Å². The van der Waals surface area contributed by atoms with Gasteiger partial charge >= 0.3 is 0 Å². The van der Waals surface area contributed by atoms with E-state index in [1.54, 1.807) is 0 Å². The number of halogens is 1. The minimum absolute atomic E-state index is 0.287. The molecule has 0 atom stereocenters. The molecular formula is C13H14ClN5. The largest absolute Gasteiger partial charge is 0.370 e. The van der Waals surface area contributed by atoms with E-state index in [1.807, 2.05) is 12.1 Å². The smallest absolute Gasteiger partial charge is 0.171 e. The lowest BCUT2D eigenvalue weighted by molar-refractivity contribution is 0.502. The van der Waals surface area contributed by atoms with Crippen molar-refractivity contribution >= 4 is 28.2 Å². The van der Waals surface area contributed by atoms with Gasteiger partial charge < -0.3 is 10.6 Å². The first-order chi connectivity index (χ1) is 9.20. The number of piperidine rings is 1. The van der Waals surface area contributed by atoms with Crippen LogP contribution in [0.5, 0.6) is 0 Å². The Balaban J connectivity index is 2.08. The lowest BCUT2D eigenvalue weighted by atomic mass is 10.0. The summed E-state index contributed by atoms with van der Waals surface area (Å²) < 4.78 is 0. The van der Waals surface area contributed by atoms with Gasteiger partial charge in [0.05, 0.1) is 21.6 Å². The zero-order valence-electron chi connectivity index (χ0n) is 10.4. The summed E-state index contributed by atoms with van der Waals surface area (Å²) in [4.78, 5) is 2.27. The summed E-state index contributed by atoms with van der Waals surface area (Å²) in [7, 11) is 0. The molecule has 0 spiro atoms. The van der Waals surface area contributed by atoms with E-state index in [4.69, 9.17) is 22.6 Å². The highest BCUT2D eigenvalue weighted by Crippen LogP contribution is 2.33. The monoisotopic (exact) mass is 275 g/mol. The molecule has 2 aromatic rings. The van der Waals surface area contributed by atoms with Crippen LogP contribution in [0.2, 0.25) is 5.02 Å². The predicted octanol–water partition coefficient (Wildman–Crippen LogP) is 2.02. The maximum absolute atomic E-state index is 9.06. The molecule has 1 saturated heterocycles. The van der Waals surface area contributed by atoms with Crippen LogP contribution in [0.3, 0.4) is 0 Å². The first-order valence-corrected chi connectivity index (χ1v) is 6.65. The molecule has 19 heavy (non-hydrogen) atoms. The fourth-order valence-corrected chi connectivity index (χ4v) is 2.81. The van der Waals surface area contributed by atoms with Gasteiger partial charge in [0.25, 0.3) is 0 Å². The first-order valence-electron chi connectivity index (χ1n) is 6.28. The number of nitriles is 1. The minimum atomic E-state index is 0.287. The standard InChI is InChI=1S/C13H14ClN5/c14-9-1-2-11(19-5-3-8(16)4-6-19)13-12(9)10(7-15)17-18-13/h1-2,8H,3-6,16H2,(H,17,18). The van der Waals surface area contributed by atoms with Gasteiger partial charge in [-0.05, 0) is 25.0 Å². The van der Waals surface area contributed by atoms with Crippen molar-refractivity contribution in [2.24, 2.45) is 5.73 Å². The number of nitrogens with two attached hydrogens (primary N) is 1. The molecule has 0 saturated carbocycles. The molecule has 0 bridgehead atoms. The number of hydrogen-bond acceptors (Lipinski definition) is 4. The van der Waals surface area contributed by atoms with Gasteiger partial charge in [-0.2, -0.15) is 10.4 Å². The van der Waals surface area contributed by atoms with Crippen LogP contribution >= 0.6 is 11.6 Å². The molecule has 2 heterocycles. The number of aromatic nitrogens is 2. The van der Waals surface area contributed by atoms with Gasteiger partial charge in [-0.1, -0.05) is 11.6 Å². The molecule has 5 nitrogen and oxygen atoms in total. The Bertz CT molecular complexity index is 649. The lowest BCUT2D eigenvalue weighted by Crippen LogP contribution is -2.39. The van der Waals surface area contributed by atoms with Crippen molar-refractivity contribution in [2.45, 2.75) is 18.9 Å². The Hall–Kier alpha value is -1.77. The second kappa shape index (κ2) is 4.72. The number of fused-ring (bicyclic) bond motifs is 1. The molecule has 0 aliphatic carbocycles. The van der Waals surface area contributed by atoms with Crippen molar-refractivity contribution in [1.82, 2.24) is 10.2 Å². The summed E-state index contributed by atoms with van der Waals surface area (Å²) in [5, 5.41) is 17.3. The van der Waals surface area contributed by atoms with Gasteiger partial charge in [0.1, 0.15) is 6.07 Å². The molecule has 1 aromatic carbocycles. The Morgan fingerprint density at radius 2 is 2.16 bits per heavy atom. The Kier molecular flexibility index (Phi) is 3.05. The quantitative estimate of drug-likeness (QED) is 0.834. The number of benzene rings is 1. The maximum atomic E-state index is 9.06. The van der Waals surface area contributed by atoms with Crippen LogP contribution < -0.4 is 10.6 Å². The fraction of sp³-hybridized carbons (Fsp3) is 0.385. The summed E-state index contributed by atoms with van der Waals surface area (Å²) in [6, 6.07) is 6.15.